The topological polar surface area (TPSA) is 67.0 Å². The normalized spacial score (nSPS) is 11.0. The number of hydrogen-bond donors (Lipinski definition) is 2. The number of amides is 1. The minimum Gasteiger partial charge on any atom is -0.489 e. The van der Waals surface area contributed by atoms with Crippen LogP contribution in [0, 0.1) is 5.82 Å². The van der Waals surface area contributed by atoms with Crippen LogP contribution in [0.1, 0.15) is 15.9 Å². The van der Waals surface area contributed by atoms with Crippen molar-refractivity contribution < 1.29 is 13.9 Å². The maximum atomic E-state index is 13.8. The Morgan fingerprint density at radius 2 is 1.74 bits per heavy atom. The molecule has 0 fully saturated rings. The molecule has 1 aromatic heterocycles. The van der Waals surface area contributed by atoms with Crippen molar-refractivity contribution in [2.75, 3.05) is 5.32 Å². The molecule has 4 aromatic carbocycles. The van der Waals surface area contributed by atoms with E-state index in [4.69, 9.17) is 4.74 Å². The van der Waals surface area contributed by atoms with Crippen molar-refractivity contribution in [1.29, 1.82) is 0 Å². The standard InChI is InChI=1S/C25H18FN3O2/c26-22-11-4-2-7-17(22)15-31-18-12-13-23-21(14-18)24(29-28-23)27-25(30)20-10-5-8-16-6-1-3-9-19(16)20/h1-14H,15H2,(H2,27,28,29,30). The van der Waals surface area contributed by atoms with Crippen molar-refractivity contribution in [3.8, 4) is 5.75 Å². The molecule has 31 heavy (non-hydrogen) atoms. The molecule has 0 aliphatic rings. The van der Waals surface area contributed by atoms with E-state index >= 15 is 0 Å². The molecule has 5 nitrogen and oxygen atoms in total. The molecule has 0 aliphatic carbocycles. The van der Waals surface area contributed by atoms with Crippen LogP contribution in [0.4, 0.5) is 10.2 Å². The number of halogens is 1. The molecular weight excluding hydrogens is 393 g/mol. The molecule has 0 unspecified atom stereocenters. The van der Waals surface area contributed by atoms with E-state index in [2.05, 4.69) is 15.5 Å². The highest BCUT2D eigenvalue weighted by molar-refractivity contribution is 6.14. The summed E-state index contributed by atoms with van der Waals surface area (Å²) in [4.78, 5) is 13.0. The second-order valence-electron chi connectivity index (χ2n) is 7.14. The number of aromatic amines is 1. The summed E-state index contributed by atoms with van der Waals surface area (Å²) >= 11 is 0. The van der Waals surface area contributed by atoms with Gasteiger partial charge in [-0.15, -0.1) is 0 Å². The number of carbonyl (C=O) groups is 1. The van der Waals surface area contributed by atoms with E-state index in [1.54, 1.807) is 36.4 Å². The number of carbonyl (C=O) groups excluding carboxylic acids is 1. The molecule has 0 saturated heterocycles. The van der Waals surface area contributed by atoms with E-state index in [0.717, 1.165) is 16.3 Å². The van der Waals surface area contributed by atoms with Crippen molar-refractivity contribution in [2.45, 2.75) is 6.61 Å². The fourth-order valence-corrected chi connectivity index (χ4v) is 3.55. The van der Waals surface area contributed by atoms with Gasteiger partial charge in [-0.05, 0) is 41.1 Å². The third-order valence-corrected chi connectivity index (χ3v) is 5.15. The molecule has 0 atom stereocenters. The highest BCUT2D eigenvalue weighted by Crippen LogP contribution is 2.27. The molecule has 5 rings (SSSR count). The van der Waals surface area contributed by atoms with Gasteiger partial charge in [-0.1, -0.05) is 54.6 Å². The van der Waals surface area contributed by atoms with Crippen molar-refractivity contribution in [3.05, 3.63) is 102 Å². The van der Waals surface area contributed by atoms with Crippen molar-refractivity contribution in [3.63, 3.8) is 0 Å². The maximum absolute atomic E-state index is 13.8. The Morgan fingerprint density at radius 3 is 2.65 bits per heavy atom. The number of rotatable bonds is 5. The zero-order chi connectivity index (χ0) is 21.2. The second-order valence-corrected chi connectivity index (χ2v) is 7.14. The maximum Gasteiger partial charge on any atom is 0.257 e. The zero-order valence-electron chi connectivity index (χ0n) is 16.4. The Morgan fingerprint density at radius 1 is 0.935 bits per heavy atom. The molecule has 0 bridgehead atoms. The summed E-state index contributed by atoms with van der Waals surface area (Å²) in [7, 11) is 0. The van der Waals surface area contributed by atoms with Crippen LogP contribution in [-0.4, -0.2) is 16.1 Å². The molecule has 5 aromatic rings. The summed E-state index contributed by atoms with van der Waals surface area (Å²) in [5.41, 5.74) is 1.80. The molecule has 152 valence electrons. The Kier molecular flexibility index (Phi) is 4.80. The SMILES string of the molecule is O=C(Nc1n[nH]c2ccc(OCc3ccccc3F)cc12)c1cccc2ccccc12. The van der Waals surface area contributed by atoms with Crippen LogP contribution in [0.5, 0.6) is 5.75 Å². The van der Waals surface area contributed by atoms with E-state index in [1.165, 1.54) is 6.07 Å². The number of anilines is 1. The lowest BCUT2D eigenvalue weighted by Crippen LogP contribution is -2.12. The van der Waals surface area contributed by atoms with Crippen molar-refractivity contribution >= 4 is 33.4 Å². The summed E-state index contributed by atoms with van der Waals surface area (Å²) in [6, 6.07) is 25.2. The van der Waals surface area contributed by atoms with E-state index < -0.39 is 0 Å². The van der Waals surface area contributed by atoms with Gasteiger partial charge in [-0.25, -0.2) is 4.39 Å². The predicted molar refractivity (Wildman–Crippen MR) is 119 cm³/mol. The van der Waals surface area contributed by atoms with E-state index in [1.807, 2.05) is 42.5 Å². The van der Waals surface area contributed by atoms with Gasteiger partial charge in [0.2, 0.25) is 0 Å². The Labute approximate surface area is 177 Å². The van der Waals surface area contributed by atoms with Crippen LogP contribution in [0.3, 0.4) is 0 Å². The quantitative estimate of drug-likeness (QED) is 0.391. The molecule has 2 N–H and O–H groups in total. The van der Waals surface area contributed by atoms with Crippen LogP contribution in [0.2, 0.25) is 0 Å². The smallest absolute Gasteiger partial charge is 0.257 e. The number of fused-ring (bicyclic) bond motifs is 2. The van der Waals surface area contributed by atoms with Crippen LogP contribution in [0.15, 0.2) is 84.9 Å². The average molecular weight is 411 g/mol. The van der Waals surface area contributed by atoms with Gasteiger partial charge in [-0.3, -0.25) is 9.89 Å². The minimum absolute atomic E-state index is 0.105. The first-order valence-electron chi connectivity index (χ1n) is 9.82. The van der Waals surface area contributed by atoms with E-state index in [-0.39, 0.29) is 18.3 Å². The highest BCUT2D eigenvalue weighted by Gasteiger charge is 2.14. The van der Waals surface area contributed by atoms with Crippen LogP contribution < -0.4 is 10.1 Å². The largest absolute Gasteiger partial charge is 0.489 e. The number of nitrogens with zero attached hydrogens (tertiary/aromatic N) is 1. The number of ether oxygens (including phenoxy) is 1. The number of benzene rings is 4. The second kappa shape index (κ2) is 7.91. The number of hydrogen-bond acceptors (Lipinski definition) is 3. The molecule has 1 heterocycles. The van der Waals surface area contributed by atoms with Crippen LogP contribution >= 0.6 is 0 Å². The number of H-pyrrole nitrogens is 1. The predicted octanol–water partition coefficient (Wildman–Crippen LogP) is 5.69. The summed E-state index contributed by atoms with van der Waals surface area (Å²) in [5, 5.41) is 12.6. The van der Waals surface area contributed by atoms with Crippen molar-refractivity contribution in [2.24, 2.45) is 0 Å². The van der Waals surface area contributed by atoms with Gasteiger partial charge < -0.3 is 10.1 Å². The molecule has 1 amide bonds. The third kappa shape index (κ3) is 3.71. The molecule has 0 radical (unpaired) electrons. The monoisotopic (exact) mass is 411 g/mol. The summed E-state index contributed by atoms with van der Waals surface area (Å²) in [5.74, 6) is 0.403. The van der Waals surface area contributed by atoms with E-state index in [9.17, 15) is 9.18 Å². The van der Waals surface area contributed by atoms with Gasteiger partial charge >= 0.3 is 0 Å². The molecular formula is C25H18FN3O2. The van der Waals surface area contributed by atoms with Crippen LogP contribution in [-0.2, 0) is 6.61 Å². The molecule has 0 saturated carbocycles. The first-order chi connectivity index (χ1) is 15.2. The van der Waals surface area contributed by atoms with Gasteiger partial charge in [0.1, 0.15) is 18.2 Å². The lowest BCUT2D eigenvalue weighted by Gasteiger charge is -2.08. The van der Waals surface area contributed by atoms with Gasteiger partial charge in [0.25, 0.3) is 5.91 Å². The fourth-order valence-electron chi connectivity index (χ4n) is 3.55. The zero-order valence-corrected chi connectivity index (χ0v) is 16.4. The third-order valence-electron chi connectivity index (χ3n) is 5.15. The highest BCUT2D eigenvalue weighted by atomic mass is 19.1. The summed E-state index contributed by atoms with van der Waals surface area (Å²) < 4.78 is 19.6. The number of aromatic nitrogens is 2. The Hall–Kier alpha value is -4.19. The van der Waals surface area contributed by atoms with Crippen LogP contribution in [0.25, 0.3) is 21.7 Å². The minimum atomic E-state index is -0.310. The summed E-state index contributed by atoms with van der Waals surface area (Å²) in [6.45, 7) is 0.105. The van der Waals surface area contributed by atoms with Gasteiger partial charge in [0, 0.05) is 16.5 Å². The lowest BCUT2D eigenvalue weighted by atomic mass is 10.0. The number of nitrogens with one attached hydrogen (secondary N) is 2. The van der Waals surface area contributed by atoms with E-state index in [0.29, 0.717) is 28.1 Å². The van der Waals surface area contributed by atoms with Gasteiger partial charge in [-0.2, -0.15) is 5.10 Å². The molecule has 6 heteroatoms. The summed E-state index contributed by atoms with van der Waals surface area (Å²) in [6.07, 6.45) is 0. The Balaban J connectivity index is 1.40. The average Bonchev–Trinajstić information content (AvgIpc) is 3.20. The first kappa shape index (κ1) is 18.8. The fraction of sp³-hybridized carbons (Fsp3) is 0.0400. The van der Waals surface area contributed by atoms with Crippen molar-refractivity contribution in [1.82, 2.24) is 10.2 Å². The molecule has 0 spiro atoms. The lowest BCUT2D eigenvalue weighted by molar-refractivity contribution is 0.102. The van der Waals surface area contributed by atoms with Gasteiger partial charge in [0.15, 0.2) is 5.82 Å². The van der Waals surface area contributed by atoms with Gasteiger partial charge in [0.05, 0.1) is 5.52 Å². The molecule has 0 aliphatic heterocycles. The first-order valence-corrected chi connectivity index (χ1v) is 9.82. The Bertz CT molecular complexity index is 1410.